The Bertz CT molecular complexity index is 1230. The van der Waals surface area contributed by atoms with Crippen molar-refractivity contribution in [3.8, 4) is 23.0 Å². The van der Waals surface area contributed by atoms with Gasteiger partial charge in [-0.1, -0.05) is 37.1 Å². The number of nitrogens with zero attached hydrogens (tertiary/aromatic N) is 1. The summed E-state index contributed by atoms with van der Waals surface area (Å²) < 4.78 is 12.6. The van der Waals surface area contributed by atoms with Crippen LogP contribution in [-0.4, -0.2) is 40.9 Å². The summed E-state index contributed by atoms with van der Waals surface area (Å²) in [4.78, 5) is 2.54. The first-order valence-corrected chi connectivity index (χ1v) is 13.0. The first-order valence-electron chi connectivity index (χ1n) is 13.0. The Balaban J connectivity index is 1.38. The molecule has 1 unspecified atom stereocenters. The summed E-state index contributed by atoms with van der Waals surface area (Å²) in [6.45, 7) is 7.27. The van der Waals surface area contributed by atoms with Gasteiger partial charge in [-0.2, -0.15) is 0 Å². The number of rotatable bonds is 6. The Hall–Kier alpha value is -3.44. The molecule has 36 heavy (non-hydrogen) atoms. The third kappa shape index (κ3) is 5.21. The topological polar surface area (TPSA) is 62.2 Å². The number of aromatic hydroxyl groups is 2. The van der Waals surface area contributed by atoms with Crippen LogP contribution in [0, 0.1) is 0 Å². The van der Waals surface area contributed by atoms with Gasteiger partial charge in [-0.05, 0) is 98.9 Å². The predicted molar refractivity (Wildman–Crippen MR) is 144 cm³/mol. The van der Waals surface area contributed by atoms with Crippen LogP contribution >= 0.6 is 0 Å². The largest absolute Gasteiger partial charge is 0.508 e. The molecule has 5 heteroatoms. The van der Waals surface area contributed by atoms with Crippen LogP contribution in [0.3, 0.4) is 0 Å². The molecule has 3 aromatic rings. The summed E-state index contributed by atoms with van der Waals surface area (Å²) >= 11 is 0. The van der Waals surface area contributed by atoms with Crippen molar-refractivity contribution in [2.24, 2.45) is 0 Å². The number of allylic oxidation sites excluding steroid dienone is 1. The smallest absolute Gasteiger partial charge is 0.150 e. The van der Waals surface area contributed by atoms with Crippen LogP contribution in [0.1, 0.15) is 62.3 Å². The fraction of sp³-hybridized carbons (Fsp3) is 0.355. The maximum Gasteiger partial charge on any atom is 0.150 e. The molecule has 2 aliphatic heterocycles. The highest BCUT2D eigenvalue weighted by Crippen LogP contribution is 2.47. The summed E-state index contributed by atoms with van der Waals surface area (Å²) in [5.41, 5.74) is 4.71. The van der Waals surface area contributed by atoms with Gasteiger partial charge in [0.25, 0.3) is 0 Å². The summed E-state index contributed by atoms with van der Waals surface area (Å²) in [6, 6.07) is 20.9. The van der Waals surface area contributed by atoms with Gasteiger partial charge in [0.15, 0.2) is 0 Å². The van der Waals surface area contributed by atoms with E-state index in [2.05, 4.69) is 24.0 Å². The molecule has 2 N–H and O–H groups in total. The molecule has 0 amide bonds. The first-order chi connectivity index (χ1) is 17.5. The molecule has 5 nitrogen and oxygen atoms in total. The summed E-state index contributed by atoms with van der Waals surface area (Å²) in [6.07, 6.45) is 4.86. The maximum atomic E-state index is 10.2. The number of hydrogen-bond donors (Lipinski definition) is 2. The highest BCUT2D eigenvalue weighted by molar-refractivity contribution is 5.95. The van der Waals surface area contributed by atoms with Gasteiger partial charge in [0, 0.05) is 17.2 Å². The molecule has 3 aromatic carbocycles. The average Bonchev–Trinajstić information content (AvgIpc) is 3.18. The van der Waals surface area contributed by atoms with Crippen LogP contribution in [0.15, 0.2) is 66.7 Å². The lowest BCUT2D eigenvalue weighted by Gasteiger charge is -2.31. The Morgan fingerprint density at radius 3 is 2.36 bits per heavy atom. The Morgan fingerprint density at radius 2 is 1.64 bits per heavy atom. The molecule has 2 atom stereocenters. The minimum Gasteiger partial charge on any atom is -0.508 e. The summed E-state index contributed by atoms with van der Waals surface area (Å²) in [7, 11) is 0. The van der Waals surface area contributed by atoms with Crippen molar-refractivity contribution in [3.63, 3.8) is 0 Å². The van der Waals surface area contributed by atoms with E-state index in [1.807, 2.05) is 37.3 Å². The standard InChI is InChI=1S/C31H35NO4/c1-21(32-16-5-3-4-6-17-32)20-35-27-13-10-23(11-14-27)31-30(24-8-7-9-25(33)18-24)22(2)28-19-26(34)12-15-29(28)36-31/h7-15,18-19,21,31,33-34H,3-6,16-17,20H2,1-2H3/t21-,31?/m0/s1. The van der Waals surface area contributed by atoms with Gasteiger partial charge in [0.2, 0.25) is 0 Å². The highest BCUT2D eigenvalue weighted by atomic mass is 16.5. The second-order valence-electron chi connectivity index (χ2n) is 9.95. The monoisotopic (exact) mass is 485 g/mol. The second kappa shape index (κ2) is 10.7. The molecule has 0 aliphatic carbocycles. The molecule has 188 valence electrons. The van der Waals surface area contributed by atoms with Crippen molar-refractivity contribution in [2.75, 3.05) is 19.7 Å². The fourth-order valence-electron chi connectivity index (χ4n) is 5.31. The van der Waals surface area contributed by atoms with Crippen LogP contribution in [0.2, 0.25) is 0 Å². The second-order valence-corrected chi connectivity index (χ2v) is 9.95. The predicted octanol–water partition coefficient (Wildman–Crippen LogP) is 6.81. The molecule has 0 radical (unpaired) electrons. The Labute approximate surface area is 213 Å². The van der Waals surface area contributed by atoms with Crippen molar-refractivity contribution >= 4 is 11.1 Å². The molecule has 0 bridgehead atoms. The van der Waals surface area contributed by atoms with Crippen molar-refractivity contribution in [1.82, 2.24) is 4.90 Å². The van der Waals surface area contributed by atoms with E-state index in [1.165, 1.54) is 25.7 Å². The van der Waals surface area contributed by atoms with Gasteiger partial charge < -0.3 is 19.7 Å². The van der Waals surface area contributed by atoms with E-state index in [0.717, 1.165) is 52.4 Å². The van der Waals surface area contributed by atoms with Crippen LogP contribution in [0.4, 0.5) is 0 Å². The molecule has 2 heterocycles. The molecule has 2 aliphatic rings. The number of likely N-dealkylation sites (tertiary alicyclic amines) is 1. The highest BCUT2D eigenvalue weighted by Gasteiger charge is 2.29. The van der Waals surface area contributed by atoms with Crippen molar-refractivity contribution in [1.29, 1.82) is 0 Å². The van der Waals surface area contributed by atoms with Gasteiger partial charge >= 0.3 is 0 Å². The first kappa shape index (κ1) is 24.3. The number of benzene rings is 3. The number of phenols is 2. The lowest BCUT2D eigenvalue weighted by molar-refractivity contribution is 0.150. The molecular weight excluding hydrogens is 450 g/mol. The van der Waals surface area contributed by atoms with Gasteiger partial charge in [-0.3, -0.25) is 4.90 Å². The molecular formula is C31H35NO4. The SMILES string of the molecule is CC1=C(c2cccc(O)c2)C(c2ccc(OC[C@H](C)N3CCCCCC3)cc2)Oc2ccc(O)cc21. The van der Waals surface area contributed by atoms with E-state index in [4.69, 9.17) is 9.47 Å². The van der Waals surface area contributed by atoms with Crippen molar-refractivity contribution in [2.45, 2.75) is 51.7 Å². The molecule has 1 saturated heterocycles. The molecule has 0 aromatic heterocycles. The minimum absolute atomic E-state index is 0.196. The lowest BCUT2D eigenvalue weighted by atomic mass is 9.86. The minimum atomic E-state index is -0.353. The normalized spacial score (nSPS) is 19.2. The summed E-state index contributed by atoms with van der Waals surface area (Å²) in [5, 5.41) is 20.2. The third-order valence-corrected chi connectivity index (χ3v) is 7.37. The van der Waals surface area contributed by atoms with E-state index in [0.29, 0.717) is 12.6 Å². The molecule has 1 fully saturated rings. The van der Waals surface area contributed by atoms with Gasteiger partial charge in [0.1, 0.15) is 35.7 Å². The third-order valence-electron chi connectivity index (χ3n) is 7.37. The molecule has 5 rings (SSSR count). The number of hydrogen-bond acceptors (Lipinski definition) is 5. The number of fused-ring (bicyclic) bond motifs is 1. The van der Waals surface area contributed by atoms with E-state index >= 15 is 0 Å². The lowest BCUT2D eigenvalue weighted by Crippen LogP contribution is -2.37. The number of ether oxygens (including phenoxy) is 2. The Kier molecular flexibility index (Phi) is 7.19. The molecule has 0 saturated carbocycles. The zero-order chi connectivity index (χ0) is 25.1. The van der Waals surface area contributed by atoms with Gasteiger partial charge in [-0.15, -0.1) is 0 Å². The zero-order valence-electron chi connectivity index (χ0n) is 21.1. The number of phenolic OH excluding ortho intramolecular Hbond substituents is 2. The fourth-order valence-corrected chi connectivity index (χ4v) is 5.31. The van der Waals surface area contributed by atoms with Crippen molar-refractivity contribution in [3.05, 3.63) is 83.4 Å². The van der Waals surface area contributed by atoms with Crippen LogP contribution in [0.5, 0.6) is 23.0 Å². The van der Waals surface area contributed by atoms with E-state index in [9.17, 15) is 10.2 Å². The van der Waals surface area contributed by atoms with Crippen molar-refractivity contribution < 1.29 is 19.7 Å². The maximum absolute atomic E-state index is 10.2. The molecule has 0 spiro atoms. The van der Waals surface area contributed by atoms with Crippen LogP contribution in [-0.2, 0) is 0 Å². The van der Waals surface area contributed by atoms with Gasteiger partial charge in [-0.25, -0.2) is 0 Å². The van der Waals surface area contributed by atoms with E-state index in [1.54, 1.807) is 24.3 Å². The quantitative estimate of drug-likeness (QED) is 0.402. The Morgan fingerprint density at radius 1 is 0.917 bits per heavy atom. The van der Waals surface area contributed by atoms with Crippen LogP contribution in [0.25, 0.3) is 11.1 Å². The summed E-state index contributed by atoms with van der Waals surface area (Å²) in [5.74, 6) is 1.98. The van der Waals surface area contributed by atoms with E-state index in [-0.39, 0.29) is 17.6 Å². The van der Waals surface area contributed by atoms with Crippen LogP contribution < -0.4 is 9.47 Å². The van der Waals surface area contributed by atoms with Gasteiger partial charge in [0.05, 0.1) is 0 Å². The van der Waals surface area contributed by atoms with E-state index < -0.39 is 0 Å². The average molecular weight is 486 g/mol. The zero-order valence-corrected chi connectivity index (χ0v) is 21.1.